The van der Waals surface area contributed by atoms with E-state index in [1.54, 1.807) is 6.07 Å². The van der Waals surface area contributed by atoms with E-state index in [4.69, 9.17) is 30.1 Å². The summed E-state index contributed by atoms with van der Waals surface area (Å²) in [4.78, 5) is 8.60. The number of anilines is 3. The van der Waals surface area contributed by atoms with Crippen molar-refractivity contribution in [2.75, 3.05) is 37.1 Å². The van der Waals surface area contributed by atoms with Crippen molar-refractivity contribution in [1.29, 1.82) is 5.26 Å². The topological polar surface area (TPSA) is 111 Å². The fourth-order valence-electron chi connectivity index (χ4n) is 4.62. The van der Waals surface area contributed by atoms with Crippen LogP contribution >= 0.6 is 11.6 Å². The van der Waals surface area contributed by atoms with Crippen LogP contribution in [0.1, 0.15) is 52.2 Å². The van der Waals surface area contributed by atoms with E-state index in [0.717, 1.165) is 6.07 Å². The molecular formula is C29H40BClF3N5O4Si. The van der Waals surface area contributed by atoms with E-state index in [-0.39, 0.29) is 76.8 Å². The predicted octanol–water partition coefficient (Wildman–Crippen LogP) is 6.52. The van der Waals surface area contributed by atoms with Crippen LogP contribution < -0.4 is 16.1 Å². The number of halogens is 4. The van der Waals surface area contributed by atoms with Gasteiger partial charge in [0.15, 0.2) is 14.1 Å². The highest BCUT2D eigenvalue weighted by Crippen LogP contribution is 2.38. The number of nitrogens with zero attached hydrogens (tertiary/aromatic N) is 3. The van der Waals surface area contributed by atoms with Gasteiger partial charge < -0.3 is 29.1 Å². The van der Waals surface area contributed by atoms with Gasteiger partial charge in [0, 0.05) is 36.4 Å². The Hall–Kier alpha value is -2.41. The molecule has 1 aromatic carbocycles. The quantitative estimate of drug-likeness (QED) is 0.308. The van der Waals surface area contributed by atoms with Crippen molar-refractivity contribution in [2.24, 2.45) is 11.3 Å². The highest BCUT2D eigenvalue weighted by atomic mass is 35.5. The smallest absolute Gasteiger partial charge is 0.413 e. The Morgan fingerprint density at radius 2 is 1.89 bits per heavy atom. The van der Waals surface area contributed by atoms with Crippen LogP contribution in [-0.2, 0) is 31.3 Å². The Labute approximate surface area is 263 Å². The Morgan fingerprint density at radius 1 is 1.20 bits per heavy atom. The van der Waals surface area contributed by atoms with Crippen LogP contribution in [-0.4, -0.2) is 57.9 Å². The molecule has 240 valence electrons. The van der Waals surface area contributed by atoms with E-state index in [1.807, 2.05) is 26.9 Å². The van der Waals surface area contributed by atoms with Gasteiger partial charge in [-0.25, -0.2) is 4.98 Å². The number of alkyl halides is 3. The minimum Gasteiger partial charge on any atom is -0.413 e. The van der Waals surface area contributed by atoms with Crippen molar-refractivity contribution in [1.82, 2.24) is 9.97 Å². The van der Waals surface area contributed by atoms with Crippen LogP contribution in [0, 0.1) is 22.7 Å². The molecule has 0 radical (unpaired) electrons. The summed E-state index contributed by atoms with van der Waals surface area (Å²) in [5.74, 6) is -0.0572. The van der Waals surface area contributed by atoms with Crippen molar-refractivity contribution in [3.63, 3.8) is 0 Å². The molecule has 3 heterocycles. The average Bonchev–Trinajstić information content (AvgIpc) is 2.93. The molecule has 0 spiro atoms. The molecule has 0 aliphatic carbocycles. The third-order valence-electron chi connectivity index (χ3n) is 8.30. The molecule has 1 aromatic heterocycles. The van der Waals surface area contributed by atoms with E-state index in [1.165, 1.54) is 6.20 Å². The first-order valence-corrected chi connectivity index (χ1v) is 17.8. The fourth-order valence-corrected chi connectivity index (χ4v) is 5.71. The second-order valence-corrected chi connectivity index (χ2v) is 18.8. The number of benzene rings is 1. The van der Waals surface area contributed by atoms with Gasteiger partial charge in [-0.05, 0) is 42.2 Å². The van der Waals surface area contributed by atoms with E-state index in [9.17, 15) is 18.4 Å². The van der Waals surface area contributed by atoms with E-state index < -0.39 is 27.2 Å². The number of nitriles is 1. The van der Waals surface area contributed by atoms with Crippen molar-refractivity contribution >= 4 is 50.0 Å². The normalized spacial score (nSPS) is 21.1. The van der Waals surface area contributed by atoms with Crippen LogP contribution in [0.4, 0.5) is 30.6 Å². The molecule has 2 aliphatic rings. The van der Waals surface area contributed by atoms with Gasteiger partial charge in [-0.3, -0.25) is 0 Å². The van der Waals surface area contributed by atoms with Crippen molar-refractivity contribution < 1.29 is 31.6 Å². The molecule has 9 nitrogen and oxygen atoms in total. The summed E-state index contributed by atoms with van der Waals surface area (Å²) < 4.78 is 67.7. The molecule has 2 N–H and O–H groups in total. The highest BCUT2D eigenvalue weighted by molar-refractivity contribution is 6.74. The second kappa shape index (κ2) is 13.1. The van der Waals surface area contributed by atoms with Crippen molar-refractivity contribution in [3.8, 4) is 6.07 Å². The molecule has 2 fully saturated rings. The van der Waals surface area contributed by atoms with E-state index in [2.05, 4.69) is 47.4 Å². The van der Waals surface area contributed by atoms with Crippen molar-refractivity contribution in [2.45, 2.75) is 78.0 Å². The monoisotopic (exact) mass is 653 g/mol. The number of aromatic nitrogens is 2. The van der Waals surface area contributed by atoms with Gasteiger partial charge in [0.05, 0.1) is 43.0 Å². The van der Waals surface area contributed by atoms with Gasteiger partial charge in [-0.2, -0.15) is 23.4 Å². The van der Waals surface area contributed by atoms with Gasteiger partial charge in [-0.15, -0.1) is 0 Å². The number of hydrogen-bond acceptors (Lipinski definition) is 9. The van der Waals surface area contributed by atoms with E-state index >= 15 is 0 Å². The molecule has 2 saturated heterocycles. The number of ether oxygens (including phenoxy) is 1. The van der Waals surface area contributed by atoms with Gasteiger partial charge in [0.2, 0.25) is 5.95 Å². The van der Waals surface area contributed by atoms with Gasteiger partial charge in [0.25, 0.3) is 0 Å². The van der Waals surface area contributed by atoms with Crippen LogP contribution in [0.25, 0.3) is 0 Å². The number of rotatable bonds is 8. The lowest BCUT2D eigenvalue weighted by Gasteiger charge is -2.37. The summed E-state index contributed by atoms with van der Waals surface area (Å²) in [5, 5.41) is 15.6. The van der Waals surface area contributed by atoms with Gasteiger partial charge in [0.1, 0.15) is 5.02 Å². The summed E-state index contributed by atoms with van der Waals surface area (Å²) in [5.41, 5.74) is -0.931. The molecular weight excluding hydrogens is 614 g/mol. The molecule has 4 rings (SSSR count). The Bertz CT molecular complexity index is 1380. The molecule has 44 heavy (non-hydrogen) atoms. The third-order valence-corrected chi connectivity index (χ3v) is 13.1. The zero-order valence-corrected chi connectivity index (χ0v) is 27.9. The largest absolute Gasteiger partial charge is 0.494 e. The maximum atomic E-state index is 14.7. The second-order valence-electron chi connectivity index (χ2n) is 13.6. The zero-order valence-electron chi connectivity index (χ0n) is 26.2. The molecule has 2 aliphatic heterocycles. The molecule has 15 heteroatoms. The number of hydrogen-bond donors (Lipinski definition) is 2. The summed E-state index contributed by atoms with van der Waals surface area (Å²) in [6.07, 6.45) is -2.82. The third kappa shape index (κ3) is 8.24. The fraction of sp³-hybridized carbons (Fsp3) is 0.621. The molecule has 0 unspecified atom stereocenters. The lowest BCUT2D eigenvalue weighted by Crippen LogP contribution is -2.51. The first-order chi connectivity index (χ1) is 20.4. The van der Waals surface area contributed by atoms with Crippen LogP contribution in [0.15, 0.2) is 18.3 Å². The molecule has 2 aromatic rings. The first kappa shape index (κ1) is 34.5. The van der Waals surface area contributed by atoms with Crippen LogP contribution in [0.5, 0.6) is 0 Å². The minimum atomic E-state index is -4.72. The van der Waals surface area contributed by atoms with Crippen LogP contribution in [0.2, 0.25) is 23.2 Å². The maximum Gasteiger partial charge on any atom is 0.494 e. The molecule has 2 atom stereocenters. The molecule has 0 bridgehead atoms. The summed E-state index contributed by atoms with van der Waals surface area (Å²) in [6.45, 7) is 15.3. The lowest BCUT2D eigenvalue weighted by molar-refractivity contribution is -0.137. The van der Waals surface area contributed by atoms with Crippen molar-refractivity contribution in [3.05, 3.63) is 34.5 Å². The molecule has 0 saturated carbocycles. The predicted molar refractivity (Wildman–Crippen MR) is 167 cm³/mol. The first-order valence-electron chi connectivity index (χ1n) is 14.5. The Kier molecular flexibility index (Phi) is 10.3. The zero-order chi connectivity index (χ0) is 32.5. The highest BCUT2D eigenvalue weighted by Gasteiger charge is 2.44. The summed E-state index contributed by atoms with van der Waals surface area (Å²) in [6, 6.07) is 4.50. The maximum absolute atomic E-state index is 14.7. The van der Waals surface area contributed by atoms with E-state index in [0.29, 0.717) is 18.6 Å². The standard InChI is InChI=1S/C29H40BClF3N5O4Si/c1-27(2,3)44(6,7)43-14-19-10-20(11-21(29(32,33)34)24(19)30-41-16-28(4,5)17-42-30)37-26-36-13-22(31)25(39-26)38-23-15-40-9-8-18(23)12-35/h10-11,13,18,23H,8-9,14-17H2,1-7H3,(H2,36,37,38,39)/t18-,23+/m0/s1. The minimum absolute atomic E-state index is 0.0196. The molecule has 0 amide bonds. The Balaban J connectivity index is 1.72. The SMILES string of the molecule is CC1(C)COB(c2c(CO[Si](C)(C)C(C)(C)C)cc(Nc3ncc(Cl)c(N[C@@H]4COCC[C@H]4C#N)n3)cc2C(F)(F)F)OC1. The number of nitrogens with one attached hydrogen (secondary N) is 2. The lowest BCUT2D eigenvalue weighted by atomic mass is 9.70. The summed E-state index contributed by atoms with van der Waals surface area (Å²) >= 11 is 6.34. The Morgan fingerprint density at radius 3 is 2.50 bits per heavy atom. The van der Waals surface area contributed by atoms with Gasteiger partial charge in [-0.1, -0.05) is 46.2 Å². The summed E-state index contributed by atoms with van der Waals surface area (Å²) in [7, 11) is -3.55. The average molecular weight is 654 g/mol. The van der Waals surface area contributed by atoms with Gasteiger partial charge >= 0.3 is 13.3 Å². The van der Waals surface area contributed by atoms with Crippen LogP contribution in [0.3, 0.4) is 0 Å².